The summed E-state index contributed by atoms with van der Waals surface area (Å²) in [6.45, 7) is 7.21. The molecule has 128 valence electrons. The van der Waals surface area contributed by atoms with E-state index in [1.54, 1.807) is 0 Å². The molecule has 0 unspecified atom stereocenters. The van der Waals surface area contributed by atoms with Crippen LogP contribution in [0, 0.1) is 0 Å². The van der Waals surface area contributed by atoms with Crippen LogP contribution in [-0.4, -0.2) is 42.6 Å². The molecule has 3 rings (SSSR count). The lowest BCUT2D eigenvalue weighted by Gasteiger charge is -2.39. The van der Waals surface area contributed by atoms with E-state index in [2.05, 4.69) is 72.6 Å². The maximum Gasteiger partial charge on any atom is 0.0914 e. The first-order valence-corrected chi connectivity index (χ1v) is 9.37. The van der Waals surface area contributed by atoms with Gasteiger partial charge in [0, 0.05) is 19.6 Å². The van der Waals surface area contributed by atoms with Crippen molar-refractivity contribution in [1.29, 1.82) is 0 Å². The molecule has 0 N–H and O–H groups in total. The van der Waals surface area contributed by atoms with Gasteiger partial charge in [0.25, 0.3) is 0 Å². The first-order chi connectivity index (χ1) is 11.7. The number of hydrogen-bond acceptors (Lipinski definition) is 1. The van der Waals surface area contributed by atoms with Crippen LogP contribution in [0.1, 0.15) is 30.4 Å². The molecule has 24 heavy (non-hydrogen) atoms. The second-order valence-corrected chi connectivity index (χ2v) is 7.53. The Bertz CT molecular complexity index is 546. The van der Waals surface area contributed by atoms with Crippen molar-refractivity contribution in [3.63, 3.8) is 0 Å². The molecule has 0 amide bonds. The fraction of sp³-hybridized carbons (Fsp3) is 0.455. The summed E-state index contributed by atoms with van der Waals surface area (Å²) in [6, 6.07) is 21.8. The molecule has 0 saturated carbocycles. The Morgan fingerprint density at radius 2 is 1.25 bits per heavy atom. The van der Waals surface area contributed by atoms with E-state index in [0.29, 0.717) is 0 Å². The molecule has 1 fully saturated rings. The molecule has 0 aliphatic carbocycles. The minimum Gasteiger partial charge on any atom is -0.325 e. The lowest BCUT2D eigenvalue weighted by atomic mass is 10.1. The molecule has 2 nitrogen and oxygen atoms in total. The Balaban J connectivity index is 1.64. The van der Waals surface area contributed by atoms with E-state index in [1.165, 1.54) is 61.1 Å². The van der Waals surface area contributed by atoms with Gasteiger partial charge in [-0.2, -0.15) is 0 Å². The molecule has 1 aliphatic heterocycles. The van der Waals surface area contributed by atoms with Gasteiger partial charge in [0.05, 0.1) is 26.7 Å². The quantitative estimate of drug-likeness (QED) is 0.686. The van der Waals surface area contributed by atoms with E-state index < -0.39 is 0 Å². The van der Waals surface area contributed by atoms with Crippen LogP contribution < -0.4 is 0 Å². The van der Waals surface area contributed by atoms with E-state index in [-0.39, 0.29) is 0 Å². The van der Waals surface area contributed by atoms with Crippen LogP contribution in [0.25, 0.3) is 0 Å². The Morgan fingerprint density at radius 3 is 1.75 bits per heavy atom. The zero-order chi connectivity index (χ0) is 16.7. The van der Waals surface area contributed by atoms with Gasteiger partial charge in [0.1, 0.15) is 0 Å². The number of hydrogen-bond donors (Lipinski definition) is 0. The van der Waals surface area contributed by atoms with Gasteiger partial charge in [-0.25, -0.2) is 0 Å². The lowest BCUT2D eigenvalue weighted by Crippen LogP contribution is -2.51. The molecule has 0 radical (unpaired) electrons. The van der Waals surface area contributed by atoms with Gasteiger partial charge in [-0.15, -0.1) is 0 Å². The molecular weight excluding hydrogens is 292 g/mol. The summed E-state index contributed by atoms with van der Waals surface area (Å²) in [6.07, 6.45) is 4.22. The minimum atomic E-state index is 1.04. The first kappa shape index (κ1) is 17.2. The summed E-state index contributed by atoms with van der Waals surface area (Å²) in [5.74, 6) is 0. The molecule has 2 heteroatoms. The monoisotopic (exact) mass is 323 g/mol. The Kier molecular flexibility index (Phi) is 6.06. The molecule has 1 saturated heterocycles. The van der Waals surface area contributed by atoms with E-state index in [0.717, 1.165) is 13.1 Å². The highest BCUT2D eigenvalue weighted by molar-refractivity contribution is 5.17. The van der Waals surface area contributed by atoms with Crippen LogP contribution in [-0.2, 0) is 13.1 Å². The topological polar surface area (TPSA) is 3.24 Å². The van der Waals surface area contributed by atoms with Crippen molar-refractivity contribution in [2.24, 2.45) is 0 Å². The summed E-state index contributed by atoms with van der Waals surface area (Å²) >= 11 is 0. The third-order valence-electron chi connectivity index (χ3n) is 5.35. The van der Waals surface area contributed by atoms with Crippen molar-refractivity contribution < 1.29 is 4.48 Å². The summed E-state index contributed by atoms with van der Waals surface area (Å²) in [5.41, 5.74) is 2.82. The fourth-order valence-electron chi connectivity index (χ4n) is 3.78. The molecule has 0 aromatic heterocycles. The highest BCUT2D eigenvalue weighted by Gasteiger charge is 2.25. The highest BCUT2D eigenvalue weighted by atomic mass is 15.3. The normalized spacial score (nSPS) is 17.1. The van der Waals surface area contributed by atoms with Gasteiger partial charge in [-0.3, -0.25) is 4.90 Å². The van der Waals surface area contributed by atoms with E-state index in [1.807, 2.05) is 0 Å². The Morgan fingerprint density at radius 1 is 0.750 bits per heavy atom. The van der Waals surface area contributed by atoms with Crippen molar-refractivity contribution in [2.45, 2.75) is 32.4 Å². The molecule has 2 aromatic rings. The van der Waals surface area contributed by atoms with Gasteiger partial charge in [0.2, 0.25) is 0 Å². The zero-order valence-corrected chi connectivity index (χ0v) is 15.0. The first-order valence-electron chi connectivity index (χ1n) is 9.37. The molecule has 2 aromatic carbocycles. The smallest absolute Gasteiger partial charge is 0.0914 e. The van der Waals surface area contributed by atoms with Gasteiger partial charge in [-0.05, 0) is 30.4 Å². The summed E-state index contributed by atoms with van der Waals surface area (Å²) in [5, 5.41) is 0. The maximum absolute atomic E-state index is 2.61. The van der Waals surface area contributed by atoms with Crippen molar-refractivity contribution in [2.75, 3.05) is 33.2 Å². The average molecular weight is 324 g/mol. The summed E-state index contributed by atoms with van der Waals surface area (Å²) in [4.78, 5) is 2.61. The predicted molar refractivity (Wildman–Crippen MR) is 102 cm³/mol. The van der Waals surface area contributed by atoms with E-state index in [4.69, 9.17) is 0 Å². The van der Waals surface area contributed by atoms with Crippen LogP contribution in [0.15, 0.2) is 60.7 Å². The molecule has 0 atom stereocenters. The Labute approximate surface area is 147 Å². The van der Waals surface area contributed by atoms with Crippen LogP contribution in [0.5, 0.6) is 0 Å². The number of rotatable bonds is 7. The maximum atomic E-state index is 2.61. The highest BCUT2D eigenvalue weighted by Crippen LogP contribution is 2.17. The third-order valence-corrected chi connectivity index (χ3v) is 5.35. The van der Waals surface area contributed by atoms with Crippen molar-refractivity contribution in [1.82, 2.24) is 4.90 Å². The third kappa shape index (κ3) is 5.19. The van der Waals surface area contributed by atoms with Crippen LogP contribution >= 0.6 is 0 Å². The number of piperidine rings is 1. The second kappa shape index (κ2) is 8.46. The van der Waals surface area contributed by atoms with Crippen LogP contribution in [0.4, 0.5) is 0 Å². The summed E-state index contributed by atoms with van der Waals surface area (Å²) < 4.78 is 1.25. The molecule has 0 bridgehead atoms. The molecule has 1 heterocycles. The number of likely N-dealkylation sites (N-methyl/N-ethyl adjacent to an activating group) is 1. The van der Waals surface area contributed by atoms with Gasteiger partial charge in [0.15, 0.2) is 0 Å². The van der Waals surface area contributed by atoms with E-state index in [9.17, 15) is 0 Å². The van der Waals surface area contributed by atoms with Gasteiger partial charge in [-0.1, -0.05) is 60.7 Å². The van der Waals surface area contributed by atoms with Crippen molar-refractivity contribution in [3.05, 3.63) is 71.8 Å². The van der Waals surface area contributed by atoms with Gasteiger partial charge < -0.3 is 4.48 Å². The van der Waals surface area contributed by atoms with Gasteiger partial charge >= 0.3 is 0 Å². The Hall–Kier alpha value is -1.64. The number of benzene rings is 2. The lowest BCUT2D eigenvalue weighted by molar-refractivity contribution is -0.913. The predicted octanol–water partition coefficient (Wildman–Crippen LogP) is 4.32. The fourth-order valence-corrected chi connectivity index (χ4v) is 3.78. The largest absolute Gasteiger partial charge is 0.325 e. The summed E-state index contributed by atoms with van der Waals surface area (Å²) in [7, 11) is 2.45. The molecule has 1 aliphatic rings. The average Bonchev–Trinajstić information content (AvgIpc) is 2.62. The number of likely N-dealkylation sites (tertiary alicyclic amines) is 1. The number of quaternary nitrogens is 1. The standard InChI is InChI=1S/C22H31N2/c1-24(16-9-4-10-17-24)18-15-23(19-21-11-5-2-6-12-21)20-22-13-7-3-8-14-22/h2-3,5-8,11-14H,4,9-10,15-20H2,1H3/q+1. The minimum absolute atomic E-state index is 1.04. The van der Waals surface area contributed by atoms with Crippen molar-refractivity contribution >= 4 is 0 Å². The molecular formula is C22H31N2+. The van der Waals surface area contributed by atoms with Crippen molar-refractivity contribution in [3.8, 4) is 0 Å². The molecule has 0 spiro atoms. The SMILES string of the molecule is C[N+]1(CCN(Cc2ccccc2)Cc2ccccc2)CCCCC1. The van der Waals surface area contributed by atoms with E-state index >= 15 is 0 Å². The second-order valence-electron chi connectivity index (χ2n) is 7.53. The number of nitrogens with zero attached hydrogens (tertiary/aromatic N) is 2. The van der Waals surface area contributed by atoms with Crippen LogP contribution in [0.3, 0.4) is 0 Å². The zero-order valence-electron chi connectivity index (χ0n) is 15.0. The van der Waals surface area contributed by atoms with Crippen LogP contribution in [0.2, 0.25) is 0 Å².